The highest BCUT2D eigenvalue weighted by Crippen LogP contribution is 2.26. The van der Waals surface area contributed by atoms with Crippen molar-refractivity contribution in [3.63, 3.8) is 0 Å². The van der Waals surface area contributed by atoms with Crippen molar-refractivity contribution in [2.24, 2.45) is 4.99 Å². The van der Waals surface area contributed by atoms with E-state index in [4.69, 9.17) is 4.74 Å². The summed E-state index contributed by atoms with van der Waals surface area (Å²) in [6, 6.07) is 4.07. The standard InChI is InChI=1S/C17H26F2N4O/c1-3-20-17(21-9-5-11-24-2)22-13-8-10-23(12-13)16-14(18)6-4-7-15(16)19/h4,6-7,13H,3,5,8-12H2,1-2H3,(H2,20,21,22). The number of guanidine groups is 1. The molecule has 0 aromatic heterocycles. The van der Waals surface area contributed by atoms with E-state index in [0.29, 0.717) is 26.2 Å². The van der Waals surface area contributed by atoms with Crippen LogP contribution in [0.2, 0.25) is 0 Å². The zero-order chi connectivity index (χ0) is 17.4. The number of hydrogen-bond donors (Lipinski definition) is 2. The molecule has 0 saturated carbocycles. The number of methoxy groups -OCH3 is 1. The summed E-state index contributed by atoms with van der Waals surface area (Å²) in [5, 5.41) is 6.54. The monoisotopic (exact) mass is 340 g/mol. The van der Waals surface area contributed by atoms with E-state index in [-0.39, 0.29) is 11.7 Å². The Morgan fingerprint density at radius 2 is 2.12 bits per heavy atom. The smallest absolute Gasteiger partial charge is 0.191 e. The van der Waals surface area contributed by atoms with Crippen LogP contribution in [0.5, 0.6) is 0 Å². The van der Waals surface area contributed by atoms with Crippen molar-refractivity contribution in [3.05, 3.63) is 29.8 Å². The molecule has 7 heteroatoms. The highest BCUT2D eigenvalue weighted by Gasteiger charge is 2.27. The predicted octanol–water partition coefficient (Wildman–Crippen LogP) is 2.14. The molecule has 1 aliphatic heterocycles. The first-order chi connectivity index (χ1) is 11.7. The van der Waals surface area contributed by atoms with Crippen molar-refractivity contribution in [2.75, 3.05) is 44.8 Å². The molecule has 134 valence electrons. The Morgan fingerprint density at radius 3 is 2.79 bits per heavy atom. The quantitative estimate of drug-likeness (QED) is 0.454. The van der Waals surface area contributed by atoms with Crippen LogP contribution >= 0.6 is 0 Å². The maximum absolute atomic E-state index is 13.9. The largest absolute Gasteiger partial charge is 0.385 e. The van der Waals surface area contributed by atoms with E-state index in [0.717, 1.165) is 25.3 Å². The third-order valence-corrected chi connectivity index (χ3v) is 3.90. The fourth-order valence-corrected chi connectivity index (χ4v) is 2.79. The van der Waals surface area contributed by atoms with Crippen LogP contribution in [0.1, 0.15) is 19.8 Å². The molecule has 0 spiro atoms. The Balaban J connectivity index is 1.94. The van der Waals surface area contributed by atoms with Crippen molar-refractivity contribution in [3.8, 4) is 0 Å². The Hall–Kier alpha value is -1.89. The Labute approximate surface area is 142 Å². The molecule has 1 fully saturated rings. The first kappa shape index (κ1) is 18.4. The first-order valence-corrected chi connectivity index (χ1v) is 8.38. The van der Waals surface area contributed by atoms with Crippen molar-refractivity contribution >= 4 is 11.6 Å². The minimum absolute atomic E-state index is 0.0591. The van der Waals surface area contributed by atoms with Gasteiger partial charge < -0.3 is 20.3 Å². The molecule has 2 rings (SSSR count). The van der Waals surface area contributed by atoms with E-state index >= 15 is 0 Å². The topological polar surface area (TPSA) is 48.9 Å². The van der Waals surface area contributed by atoms with Gasteiger partial charge in [-0.3, -0.25) is 4.99 Å². The minimum Gasteiger partial charge on any atom is -0.385 e. The summed E-state index contributed by atoms with van der Waals surface area (Å²) >= 11 is 0. The van der Waals surface area contributed by atoms with Gasteiger partial charge in [0.25, 0.3) is 0 Å². The van der Waals surface area contributed by atoms with Gasteiger partial charge in [-0.15, -0.1) is 0 Å². The van der Waals surface area contributed by atoms with Crippen LogP contribution in [0, 0.1) is 11.6 Å². The minimum atomic E-state index is -0.518. The molecule has 0 aliphatic carbocycles. The van der Waals surface area contributed by atoms with Gasteiger partial charge in [0.15, 0.2) is 5.96 Å². The zero-order valence-electron chi connectivity index (χ0n) is 14.3. The third-order valence-electron chi connectivity index (χ3n) is 3.90. The molecule has 5 nitrogen and oxygen atoms in total. The summed E-state index contributed by atoms with van der Waals surface area (Å²) in [6.45, 7) is 5.25. The second kappa shape index (κ2) is 9.42. The van der Waals surface area contributed by atoms with Gasteiger partial charge in [-0.05, 0) is 31.9 Å². The fraction of sp³-hybridized carbons (Fsp3) is 0.588. The van der Waals surface area contributed by atoms with E-state index in [2.05, 4.69) is 15.6 Å². The normalized spacial score (nSPS) is 18.1. The number of anilines is 1. The Morgan fingerprint density at radius 1 is 1.38 bits per heavy atom. The number of ether oxygens (including phenoxy) is 1. The fourth-order valence-electron chi connectivity index (χ4n) is 2.79. The lowest BCUT2D eigenvalue weighted by atomic mass is 10.2. The summed E-state index contributed by atoms with van der Waals surface area (Å²) in [4.78, 5) is 6.24. The molecular formula is C17H26F2N4O. The van der Waals surface area contributed by atoms with E-state index in [1.165, 1.54) is 18.2 Å². The van der Waals surface area contributed by atoms with Gasteiger partial charge >= 0.3 is 0 Å². The van der Waals surface area contributed by atoms with E-state index in [1.807, 2.05) is 6.92 Å². The van der Waals surface area contributed by atoms with Gasteiger partial charge in [-0.1, -0.05) is 6.07 Å². The van der Waals surface area contributed by atoms with Gasteiger partial charge in [0.2, 0.25) is 0 Å². The van der Waals surface area contributed by atoms with E-state index in [1.54, 1.807) is 12.0 Å². The Kier molecular flexibility index (Phi) is 7.24. The van der Waals surface area contributed by atoms with Crippen LogP contribution in [0.25, 0.3) is 0 Å². The molecule has 2 N–H and O–H groups in total. The van der Waals surface area contributed by atoms with Crippen molar-refractivity contribution in [1.29, 1.82) is 0 Å². The van der Waals surface area contributed by atoms with Gasteiger partial charge in [0.05, 0.1) is 0 Å². The van der Waals surface area contributed by atoms with Gasteiger partial charge in [0, 0.05) is 45.9 Å². The molecule has 1 aromatic rings. The number of nitrogens with zero attached hydrogens (tertiary/aromatic N) is 2. The predicted molar refractivity (Wildman–Crippen MR) is 92.6 cm³/mol. The van der Waals surface area contributed by atoms with Crippen LogP contribution in [-0.2, 0) is 4.74 Å². The lowest BCUT2D eigenvalue weighted by Gasteiger charge is -2.21. The molecule has 1 atom stereocenters. The zero-order valence-corrected chi connectivity index (χ0v) is 14.3. The van der Waals surface area contributed by atoms with Crippen LogP contribution in [0.3, 0.4) is 0 Å². The summed E-state index contributed by atoms with van der Waals surface area (Å²) in [6.07, 6.45) is 1.65. The van der Waals surface area contributed by atoms with Crippen LogP contribution in [-0.4, -0.2) is 51.9 Å². The van der Waals surface area contributed by atoms with Crippen molar-refractivity contribution in [2.45, 2.75) is 25.8 Å². The molecule has 1 unspecified atom stereocenters. The number of aliphatic imine (C=N–C) groups is 1. The number of rotatable bonds is 7. The molecule has 0 amide bonds. The van der Waals surface area contributed by atoms with E-state index in [9.17, 15) is 8.78 Å². The average Bonchev–Trinajstić information content (AvgIpc) is 2.99. The van der Waals surface area contributed by atoms with E-state index < -0.39 is 11.6 Å². The lowest BCUT2D eigenvalue weighted by molar-refractivity contribution is 0.197. The van der Waals surface area contributed by atoms with Crippen LogP contribution in [0.4, 0.5) is 14.5 Å². The number of para-hydroxylation sites is 1. The van der Waals surface area contributed by atoms with Gasteiger partial charge in [-0.2, -0.15) is 0 Å². The van der Waals surface area contributed by atoms with Crippen LogP contribution in [0.15, 0.2) is 23.2 Å². The maximum atomic E-state index is 13.9. The summed E-state index contributed by atoms with van der Waals surface area (Å²) < 4.78 is 32.8. The summed E-state index contributed by atoms with van der Waals surface area (Å²) in [5.41, 5.74) is 0.0591. The third kappa shape index (κ3) is 5.06. The molecule has 1 aliphatic rings. The molecule has 24 heavy (non-hydrogen) atoms. The van der Waals surface area contributed by atoms with Crippen LogP contribution < -0.4 is 15.5 Å². The maximum Gasteiger partial charge on any atom is 0.191 e. The van der Waals surface area contributed by atoms with Crippen molar-refractivity contribution < 1.29 is 13.5 Å². The van der Waals surface area contributed by atoms with Gasteiger partial charge in [-0.25, -0.2) is 8.78 Å². The van der Waals surface area contributed by atoms with Crippen molar-refractivity contribution in [1.82, 2.24) is 10.6 Å². The lowest BCUT2D eigenvalue weighted by Crippen LogP contribution is -2.44. The highest BCUT2D eigenvalue weighted by molar-refractivity contribution is 5.80. The summed E-state index contributed by atoms with van der Waals surface area (Å²) in [5.74, 6) is -0.305. The number of nitrogens with one attached hydrogen (secondary N) is 2. The molecule has 0 radical (unpaired) electrons. The average molecular weight is 340 g/mol. The molecular weight excluding hydrogens is 314 g/mol. The number of halogens is 2. The SMILES string of the molecule is CCNC(=NCCCOC)NC1CCN(c2c(F)cccc2F)C1. The second-order valence-electron chi connectivity index (χ2n) is 5.75. The molecule has 1 saturated heterocycles. The molecule has 1 heterocycles. The summed E-state index contributed by atoms with van der Waals surface area (Å²) in [7, 11) is 1.67. The number of benzene rings is 1. The first-order valence-electron chi connectivity index (χ1n) is 8.38. The molecule has 1 aromatic carbocycles. The van der Waals surface area contributed by atoms with Gasteiger partial charge in [0.1, 0.15) is 17.3 Å². The Bertz CT molecular complexity index is 533. The molecule has 0 bridgehead atoms. The highest BCUT2D eigenvalue weighted by atomic mass is 19.1. The second-order valence-corrected chi connectivity index (χ2v) is 5.75. The number of hydrogen-bond acceptors (Lipinski definition) is 3.